The SMILES string of the molecule is COc1cc(C2=CC(=CC3=C([O-])C(=Cc4cc(-c5cc(OC)c(OC)c(OC)c5)[o+]c(-c5ccccc5Cl)c4)C3=O)C=C(c3ccccc3Cl)O2)cc(OC)c1OC. The molecule has 0 fully saturated rings. The third kappa shape index (κ3) is 7.59. The molecule has 12 heteroatoms. The van der Waals surface area contributed by atoms with Crippen LogP contribution in [0.1, 0.15) is 16.7 Å². The van der Waals surface area contributed by atoms with Gasteiger partial charge in [0, 0.05) is 34.4 Å². The van der Waals surface area contributed by atoms with Crippen LogP contribution in [0, 0.1) is 0 Å². The van der Waals surface area contributed by atoms with E-state index in [1.165, 1.54) is 54.8 Å². The van der Waals surface area contributed by atoms with E-state index in [1.807, 2.05) is 36.4 Å². The van der Waals surface area contributed by atoms with Gasteiger partial charge >= 0.3 is 11.5 Å². The number of methoxy groups -OCH3 is 6. The smallest absolute Gasteiger partial charge is 0.362 e. The number of halogens is 2. The maximum atomic E-state index is 13.8. The zero-order chi connectivity index (χ0) is 41.1. The second-order valence-corrected chi connectivity index (χ2v) is 13.6. The summed E-state index contributed by atoms with van der Waals surface area (Å²) in [6.45, 7) is 0. The molecule has 2 heterocycles. The summed E-state index contributed by atoms with van der Waals surface area (Å²) in [5.74, 6) is 3.16. The number of allylic oxidation sites excluding steroid dienone is 6. The van der Waals surface area contributed by atoms with Crippen LogP contribution in [0.4, 0.5) is 0 Å². The van der Waals surface area contributed by atoms with Crippen LogP contribution in [0.3, 0.4) is 0 Å². The monoisotopic (exact) mass is 818 g/mol. The van der Waals surface area contributed by atoms with Crippen molar-refractivity contribution in [2.45, 2.75) is 0 Å². The number of carbonyl (C=O) groups excluding carboxylic acids is 1. The summed E-state index contributed by atoms with van der Waals surface area (Å²) in [7, 11) is 9.10. The molecule has 0 saturated heterocycles. The summed E-state index contributed by atoms with van der Waals surface area (Å²) in [4.78, 5) is 13.8. The van der Waals surface area contributed by atoms with Gasteiger partial charge in [-0.1, -0.05) is 53.2 Å². The summed E-state index contributed by atoms with van der Waals surface area (Å²) in [5, 5.41) is 14.7. The Hall–Kier alpha value is -6.62. The Labute approximate surface area is 345 Å². The van der Waals surface area contributed by atoms with E-state index in [9.17, 15) is 9.90 Å². The van der Waals surface area contributed by atoms with Crippen molar-refractivity contribution in [1.82, 2.24) is 0 Å². The second-order valence-electron chi connectivity index (χ2n) is 12.8. The predicted octanol–water partition coefficient (Wildman–Crippen LogP) is 9.87. The van der Waals surface area contributed by atoms with Crippen LogP contribution >= 0.6 is 23.2 Å². The molecule has 7 rings (SSSR count). The standard InChI is InChI=1S/C46H36Cl2O10/c1-51-39-21-27(22-40(52-2)45(39)55-5)35-17-25(19-37(57-35)29-11-7-9-13-33(29)47)15-31-43(49)32(44(31)50)16-26-18-36(58-38(20-26)30-12-8-10-14-34(30)48)28-23-41(53-3)46(56-6)42(24-28)54-4/h7-24H,1-6H3. The molecular weight excluding hydrogens is 783 g/mol. The third-order valence-electron chi connectivity index (χ3n) is 9.41. The third-order valence-corrected chi connectivity index (χ3v) is 10.1. The fourth-order valence-electron chi connectivity index (χ4n) is 6.56. The van der Waals surface area contributed by atoms with Gasteiger partial charge in [0.05, 0.1) is 76.0 Å². The molecule has 0 spiro atoms. The van der Waals surface area contributed by atoms with Crippen molar-refractivity contribution in [3.8, 4) is 57.1 Å². The topological polar surface area (TPSA) is 116 Å². The number of ether oxygens (including phenoxy) is 7. The van der Waals surface area contributed by atoms with Gasteiger partial charge in [-0.25, -0.2) is 4.42 Å². The first-order valence-corrected chi connectivity index (χ1v) is 18.5. The maximum Gasteiger partial charge on any atom is 0.362 e. The number of carbonyl (C=O) groups is 1. The van der Waals surface area contributed by atoms with Gasteiger partial charge < -0.3 is 38.3 Å². The lowest BCUT2D eigenvalue weighted by Crippen LogP contribution is -2.29. The molecular formula is C46H36Cl2O10. The van der Waals surface area contributed by atoms with E-state index in [0.717, 1.165) is 0 Å². The molecule has 58 heavy (non-hydrogen) atoms. The van der Waals surface area contributed by atoms with Gasteiger partial charge in [-0.15, -0.1) is 0 Å². The van der Waals surface area contributed by atoms with Gasteiger partial charge in [-0.3, -0.25) is 4.79 Å². The van der Waals surface area contributed by atoms with E-state index in [2.05, 4.69) is 0 Å². The molecule has 0 atom stereocenters. The molecule has 0 N–H and O–H groups in total. The summed E-state index contributed by atoms with van der Waals surface area (Å²) < 4.78 is 46.1. The lowest BCUT2D eigenvalue weighted by Gasteiger charge is -2.29. The summed E-state index contributed by atoms with van der Waals surface area (Å²) in [6, 6.07) is 24.8. The summed E-state index contributed by atoms with van der Waals surface area (Å²) >= 11 is 13.2. The van der Waals surface area contributed by atoms with Crippen molar-refractivity contribution in [1.29, 1.82) is 0 Å². The minimum atomic E-state index is -0.436. The zero-order valence-electron chi connectivity index (χ0n) is 32.2. The van der Waals surface area contributed by atoms with Crippen molar-refractivity contribution in [3.63, 3.8) is 0 Å². The lowest BCUT2D eigenvalue weighted by molar-refractivity contribution is -0.300. The van der Waals surface area contributed by atoms with Crippen molar-refractivity contribution < 1.29 is 47.5 Å². The van der Waals surface area contributed by atoms with Gasteiger partial charge in [0.25, 0.3) is 0 Å². The first-order valence-electron chi connectivity index (χ1n) is 17.7. The lowest BCUT2D eigenvalue weighted by atomic mass is 9.85. The summed E-state index contributed by atoms with van der Waals surface area (Å²) in [5.41, 5.74) is 3.41. The average molecular weight is 820 g/mol. The maximum absolute atomic E-state index is 13.8. The zero-order valence-corrected chi connectivity index (χ0v) is 33.7. The van der Waals surface area contributed by atoms with E-state index in [4.69, 9.17) is 60.8 Å². The molecule has 1 aromatic heterocycles. The number of hydrogen-bond acceptors (Lipinski definition) is 9. The molecule has 0 bridgehead atoms. The van der Waals surface area contributed by atoms with Crippen LogP contribution in [0.2, 0.25) is 10.0 Å². The highest BCUT2D eigenvalue weighted by Gasteiger charge is 2.29. The Morgan fingerprint density at radius 1 is 0.603 bits per heavy atom. The Bertz CT molecular complexity index is 2570. The largest absolute Gasteiger partial charge is 0.871 e. The molecule has 0 saturated carbocycles. The molecule has 10 nitrogen and oxygen atoms in total. The Morgan fingerprint density at radius 2 is 1.10 bits per heavy atom. The molecule has 2 aliphatic rings. The molecule has 1 aliphatic carbocycles. The molecule has 4 aromatic carbocycles. The number of rotatable bonds is 12. The first-order chi connectivity index (χ1) is 28.1. The van der Waals surface area contributed by atoms with E-state index in [0.29, 0.717) is 101 Å². The quantitative estimate of drug-likeness (QED) is 0.0890. The van der Waals surface area contributed by atoms with Gasteiger partial charge in [-0.2, -0.15) is 0 Å². The minimum absolute atomic E-state index is 0.00445. The number of benzene rings is 4. The van der Waals surface area contributed by atoms with Gasteiger partial charge in [0.15, 0.2) is 28.8 Å². The number of hydrogen-bond donors (Lipinski definition) is 0. The highest BCUT2D eigenvalue weighted by molar-refractivity contribution is 6.33. The van der Waals surface area contributed by atoms with Crippen LogP contribution in [0.5, 0.6) is 34.5 Å². The second kappa shape index (κ2) is 16.9. The molecule has 5 aromatic rings. The predicted molar refractivity (Wildman–Crippen MR) is 221 cm³/mol. The van der Waals surface area contributed by atoms with Crippen LogP contribution in [0.25, 0.3) is 40.2 Å². The van der Waals surface area contributed by atoms with Gasteiger partial charge in [-0.05, 0) is 71.8 Å². The van der Waals surface area contributed by atoms with Crippen molar-refractivity contribution >= 4 is 46.6 Å². The first kappa shape index (κ1) is 39.6. The Kier molecular flexibility index (Phi) is 11.5. The number of Topliss-reactive ketones (excluding diaryl/α,β-unsaturated/α-hetero) is 1. The van der Waals surface area contributed by atoms with Crippen LogP contribution in [-0.4, -0.2) is 48.4 Å². The van der Waals surface area contributed by atoms with Crippen molar-refractivity contribution in [2.24, 2.45) is 0 Å². The van der Waals surface area contributed by atoms with E-state index in [1.54, 1.807) is 60.7 Å². The fourth-order valence-corrected chi connectivity index (χ4v) is 7.02. The van der Waals surface area contributed by atoms with Gasteiger partial charge in [0.1, 0.15) is 11.5 Å². The Morgan fingerprint density at radius 3 is 1.62 bits per heavy atom. The van der Waals surface area contributed by atoms with Crippen molar-refractivity contribution in [3.05, 3.63) is 152 Å². The fraction of sp³-hybridized carbons (Fsp3) is 0.130. The van der Waals surface area contributed by atoms with Gasteiger partial charge in [0.2, 0.25) is 11.5 Å². The van der Waals surface area contributed by atoms with E-state index in [-0.39, 0.29) is 11.1 Å². The minimum Gasteiger partial charge on any atom is -0.871 e. The highest BCUT2D eigenvalue weighted by Crippen LogP contribution is 2.45. The molecule has 0 unspecified atom stereocenters. The normalized spacial score (nSPS) is 15.0. The van der Waals surface area contributed by atoms with Crippen LogP contribution in [0.15, 0.2) is 130 Å². The molecule has 0 radical (unpaired) electrons. The molecule has 1 aliphatic heterocycles. The molecule has 0 amide bonds. The number of ketones is 1. The van der Waals surface area contributed by atoms with Crippen LogP contribution < -0.4 is 33.5 Å². The Balaban J connectivity index is 1.34. The average Bonchev–Trinajstić information content (AvgIpc) is 3.26. The van der Waals surface area contributed by atoms with Crippen LogP contribution in [-0.2, 0) is 9.53 Å². The highest BCUT2D eigenvalue weighted by atomic mass is 35.5. The van der Waals surface area contributed by atoms with Crippen molar-refractivity contribution in [2.75, 3.05) is 42.7 Å². The molecule has 294 valence electrons. The van der Waals surface area contributed by atoms with E-state index >= 15 is 0 Å². The summed E-state index contributed by atoms with van der Waals surface area (Å²) in [6.07, 6.45) is 6.51. The van der Waals surface area contributed by atoms with E-state index < -0.39 is 11.5 Å².